The molecule has 0 atom stereocenters. The first kappa shape index (κ1) is 17.7. The molecule has 0 saturated carbocycles. The number of benzene rings is 1. The Balaban J connectivity index is 1.60. The molecule has 0 unspecified atom stereocenters. The molecule has 7 heteroatoms. The number of amides is 2. The Hall–Kier alpha value is -3.09. The topological polar surface area (TPSA) is 91.1 Å². The molecule has 1 fully saturated rings. The van der Waals surface area contributed by atoms with Crippen LogP contribution in [0.1, 0.15) is 44.0 Å². The van der Waals surface area contributed by atoms with E-state index >= 15 is 0 Å². The number of aryl methyl sites for hydroxylation is 1. The summed E-state index contributed by atoms with van der Waals surface area (Å²) in [5, 5.41) is 8.86. The van der Waals surface area contributed by atoms with Crippen LogP contribution in [-0.4, -0.2) is 58.9 Å². The maximum atomic E-state index is 12.6. The third-order valence-electron chi connectivity index (χ3n) is 4.49. The van der Waals surface area contributed by atoms with Gasteiger partial charge < -0.3 is 19.3 Å². The number of rotatable bonds is 4. The predicted molar refractivity (Wildman–Crippen MR) is 93.3 cm³/mol. The van der Waals surface area contributed by atoms with Gasteiger partial charge in [-0.1, -0.05) is 19.1 Å². The second-order valence-electron chi connectivity index (χ2n) is 6.10. The fourth-order valence-electron chi connectivity index (χ4n) is 2.90. The van der Waals surface area contributed by atoms with Crippen LogP contribution in [0.15, 0.2) is 40.8 Å². The highest BCUT2D eigenvalue weighted by atomic mass is 16.4. The highest BCUT2D eigenvalue weighted by Gasteiger charge is 2.27. The summed E-state index contributed by atoms with van der Waals surface area (Å²) in [7, 11) is 0. The zero-order valence-corrected chi connectivity index (χ0v) is 14.5. The number of hydrogen-bond acceptors (Lipinski definition) is 4. The smallest absolute Gasteiger partial charge is 0.371 e. The minimum absolute atomic E-state index is 0.00247. The van der Waals surface area contributed by atoms with Crippen molar-refractivity contribution in [1.29, 1.82) is 0 Å². The molecule has 1 aromatic carbocycles. The van der Waals surface area contributed by atoms with Gasteiger partial charge in [0.2, 0.25) is 5.76 Å². The van der Waals surface area contributed by atoms with Gasteiger partial charge in [0.1, 0.15) is 0 Å². The van der Waals surface area contributed by atoms with Crippen molar-refractivity contribution in [2.45, 2.75) is 13.3 Å². The highest BCUT2D eigenvalue weighted by molar-refractivity contribution is 5.95. The molecule has 2 heterocycles. The van der Waals surface area contributed by atoms with Gasteiger partial charge in [-0.3, -0.25) is 9.59 Å². The van der Waals surface area contributed by atoms with Gasteiger partial charge in [0.25, 0.3) is 11.8 Å². The molecule has 3 rings (SSSR count). The third-order valence-corrected chi connectivity index (χ3v) is 4.49. The Labute approximate surface area is 150 Å². The summed E-state index contributed by atoms with van der Waals surface area (Å²) in [6.45, 7) is 3.66. The Morgan fingerprint density at radius 1 is 0.885 bits per heavy atom. The largest absolute Gasteiger partial charge is 0.475 e. The van der Waals surface area contributed by atoms with Gasteiger partial charge in [-0.15, -0.1) is 0 Å². The second kappa shape index (κ2) is 7.43. The van der Waals surface area contributed by atoms with Gasteiger partial charge in [0.05, 0.1) is 0 Å². The normalized spacial score (nSPS) is 14.3. The zero-order valence-electron chi connectivity index (χ0n) is 14.5. The van der Waals surface area contributed by atoms with Crippen LogP contribution in [0.3, 0.4) is 0 Å². The van der Waals surface area contributed by atoms with Crippen molar-refractivity contribution in [2.75, 3.05) is 26.2 Å². The van der Waals surface area contributed by atoms with Crippen LogP contribution in [0.25, 0.3) is 0 Å². The lowest BCUT2D eigenvalue weighted by Crippen LogP contribution is -2.50. The molecule has 7 nitrogen and oxygen atoms in total. The summed E-state index contributed by atoms with van der Waals surface area (Å²) in [6.07, 6.45) is 0.922. The average molecular weight is 356 g/mol. The SMILES string of the molecule is CCc1ccc(C(=O)N2CCN(C(=O)c3ccc(C(=O)O)o3)CC2)cc1. The molecule has 1 aromatic heterocycles. The zero-order chi connectivity index (χ0) is 18.7. The van der Waals surface area contributed by atoms with Crippen molar-refractivity contribution < 1.29 is 23.9 Å². The Morgan fingerprint density at radius 3 is 1.92 bits per heavy atom. The van der Waals surface area contributed by atoms with E-state index in [-0.39, 0.29) is 23.3 Å². The molecule has 1 aliphatic heterocycles. The summed E-state index contributed by atoms with van der Waals surface area (Å²) in [6, 6.07) is 10.2. The molecule has 2 aromatic rings. The number of carbonyl (C=O) groups is 3. The molecule has 136 valence electrons. The van der Waals surface area contributed by atoms with Gasteiger partial charge in [0, 0.05) is 31.7 Å². The van der Waals surface area contributed by atoms with E-state index in [0.717, 1.165) is 6.42 Å². The molecule has 2 amide bonds. The Morgan fingerprint density at radius 2 is 1.42 bits per heavy atom. The van der Waals surface area contributed by atoms with Crippen LogP contribution in [0.2, 0.25) is 0 Å². The van der Waals surface area contributed by atoms with Gasteiger partial charge in [-0.05, 0) is 36.2 Å². The van der Waals surface area contributed by atoms with Gasteiger partial charge in [-0.2, -0.15) is 0 Å². The summed E-state index contributed by atoms with van der Waals surface area (Å²) >= 11 is 0. The highest BCUT2D eigenvalue weighted by Crippen LogP contribution is 2.15. The van der Waals surface area contributed by atoms with Crippen molar-refractivity contribution in [3.63, 3.8) is 0 Å². The quantitative estimate of drug-likeness (QED) is 0.906. The number of aromatic carboxylic acids is 1. The van der Waals surface area contributed by atoms with Gasteiger partial charge >= 0.3 is 5.97 Å². The average Bonchev–Trinajstić information content (AvgIpc) is 3.17. The summed E-state index contributed by atoms with van der Waals surface area (Å²) in [5.74, 6) is -1.90. The van der Waals surface area contributed by atoms with Crippen LogP contribution < -0.4 is 0 Å². The lowest BCUT2D eigenvalue weighted by atomic mass is 10.1. The van der Waals surface area contributed by atoms with Crippen LogP contribution in [0.5, 0.6) is 0 Å². The van der Waals surface area contributed by atoms with E-state index in [1.165, 1.54) is 17.7 Å². The number of carboxylic acids is 1. The van der Waals surface area contributed by atoms with E-state index in [4.69, 9.17) is 9.52 Å². The molecule has 0 aliphatic carbocycles. The minimum atomic E-state index is -1.21. The number of piperazine rings is 1. The van der Waals surface area contributed by atoms with Crippen molar-refractivity contribution >= 4 is 17.8 Å². The van der Waals surface area contributed by atoms with Crippen molar-refractivity contribution in [3.05, 3.63) is 59.0 Å². The Bertz CT molecular complexity index is 817. The van der Waals surface area contributed by atoms with E-state index in [0.29, 0.717) is 31.7 Å². The van der Waals surface area contributed by atoms with Crippen molar-refractivity contribution in [3.8, 4) is 0 Å². The summed E-state index contributed by atoms with van der Waals surface area (Å²) < 4.78 is 5.05. The van der Waals surface area contributed by atoms with E-state index in [1.807, 2.05) is 24.3 Å². The number of hydrogen-bond donors (Lipinski definition) is 1. The number of carbonyl (C=O) groups excluding carboxylic acids is 2. The fraction of sp³-hybridized carbons (Fsp3) is 0.316. The molecular formula is C19H20N2O5. The van der Waals surface area contributed by atoms with Crippen LogP contribution in [0, 0.1) is 0 Å². The number of furan rings is 1. The second-order valence-corrected chi connectivity index (χ2v) is 6.10. The lowest BCUT2D eigenvalue weighted by molar-refractivity contribution is 0.0512. The lowest BCUT2D eigenvalue weighted by Gasteiger charge is -2.34. The molecule has 1 N–H and O–H groups in total. The molecule has 1 saturated heterocycles. The minimum Gasteiger partial charge on any atom is -0.475 e. The molecule has 26 heavy (non-hydrogen) atoms. The molecular weight excluding hydrogens is 336 g/mol. The fourth-order valence-corrected chi connectivity index (χ4v) is 2.90. The van der Waals surface area contributed by atoms with Crippen molar-refractivity contribution in [2.24, 2.45) is 0 Å². The van der Waals surface area contributed by atoms with E-state index < -0.39 is 5.97 Å². The van der Waals surface area contributed by atoms with E-state index in [2.05, 4.69) is 6.92 Å². The van der Waals surface area contributed by atoms with E-state index in [1.54, 1.807) is 9.80 Å². The predicted octanol–water partition coefficient (Wildman–Crippen LogP) is 2.14. The maximum absolute atomic E-state index is 12.6. The number of carboxylic acid groups (broad SMARTS) is 1. The summed E-state index contributed by atoms with van der Waals surface area (Å²) in [5.41, 5.74) is 1.82. The Kier molecular flexibility index (Phi) is 5.06. The van der Waals surface area contributed by atoms with Crippen LogP contribution >= 0.6 is 0 Å². The monoisotopic (exact) mass is 356 g/mol. The van der Waals surface area contributed by atoms with Crippen LogP contribution in [0.4, 0.5) is 0 Å². The number of nitrogens with zero attached hydrogens (tertiary/aromatic N) is 2. The standard InChI is InChI=1S/C19H20N2O5/c1-2-13-3-5-14(6-4-13)17(22)20-9-11-21(12-10-20)18(23)15-7-8-16(26-15)19(24)25/h3-8H,2,9-12H2,1H3,(H,24,25). The molecule has 0 bridgehead atoms. The van der Waals surface area contributed by atoms with Gasteiger partial charge in [0.15, 0.2) is 5.76 Å². The molecule has 1 aliphatic rings. The summed E-state index contributed by atoms with van der Waals surface area (Å²) in [4.78, 5) is 39.1. The third kappa shape index (κ3) is 3.61. The van der Waals surface area contributed by atoms with E-state index in [9.17, 15) is 14.4 Å². The maximum Gasteiger partial charge on any atom is 0.371 e. The first-order valence-electron chi connectivity index (χ1n) is 8.50. The first-order valence-corrected chi connectivity index (χ1v) is 8.50. The first-order chi connectivity index (χ1) is 12.5. The molecule has 0 spiro atoms. The van der Waals surface area contributed by atoms with Gasteiger partial charge in [-0.25, -0.2) is 4.79 Å². The molecule has 0 radical (unpaired) electrons. The van der Waals surface area contributed by atoms with Crippen LogP contribution in [-0.2, 0) is 6.42 Å². The van der Waals surface area contributed by atoms with Crippen molar-refractivity contribution in [1.82, 2.24) is 9.80 Å².